The Kier molecular flexibility index (Phi) is 6.45. The van der Waals surface area contributed by atoms with E-state index in [-0.39, 0.29) is 12.6 Å². The highest BCUT2D eigenvalue weighted by atomic mass is 19.4. The van der Waals surface area contributed by atoms with E-state index in [0.717, 1.165) is 18.9 Å². The van der Waals surface area contributed by atoms with Crippen LogP contribution < -0.4 is 5.32 Å². The predicted molar refractivity (Wildman–Crippen MR) is 106 cm³/mol. The molecule has 1 aliphatic heterocycles. The fourth-order valence-corrected chi connectivity index (χ4v) is 4.27. The second-order valence-corrected chi connectivity index (χ2v) is 8.49. The van der Waals surface area contributed by atoms with Gasteiger partial charge in [-0.3, -0.25) is 14.5 Å². The molecule has 1 aliphatic carbocycles. The Hall–Kier alpha value is -2.09. The Bertz CT molecular complexity index is 788. The molecule has 3 rings (SSSR count). The van der Waals surface area contributed by atoms with E-state index < -0.39 is 40.9 Å². The van der Waals surface area contributed by atoms with Crippen molar-refractivity contribution in [2.75, 3.05) is 6.61 Å². The molecule has 1 aromatic carbocycles. The number of ether oxygens (including phenoxy) is 1. The molecule has 5 nitrogen and oxygen atoms in total. The maximum Gasteiger partial charge on any atom is 0.417 e. The van der Waals surface area contributed by atoms with Crippen molar-refractivity contribution in [2.24, 2.45) is 5.92 Å². The first-order valence-electron chi connectivity index (χ1n) is 10.5. The average molecular weight is 426 g/mol. The molecule has 2 atom stereocenters. The van der Waals surface area contributed by atoms with Crippen LogP contribution in [-0.4, -0.2) is 41.1 Å². The second-order valence-electron chi connectivity index (χ2n) is 8.49. The minimum atomic E-state index is -4.67. The number of amides is 2. The standard InChI is InChI=1S/C22H29F3N2O3/c1-4-15(3)26-19(28)18-13-30-21(11-9-14(2)10-12-21)27(18)20(29)16-7-5-6-8-17(16)22(23,24)25/h5-8,14-15,18H,4,9-13H2,1-3H3,(H,26,28). The van der Waals surface area contributed by atoms with E-state index in [0.29, 0.717) is 25.2 Å². The van der Waals surface area contributed by atoms with E-state index in [1.165, 1.54) is 23.1 Å². The van der Waals surface area contributed by atoms with E-state index in [1.807, 2.05) is 13.8 Å². The monoisotopic (exact) mass is 426 g/mol. The molecule has 2 amide bonds. The van der Waals surface area contributed by atoms with Crippen LogP contribution in [0.15, 0.2) is 24.3 Å². The fraction of sp³-hybridized carbons (Fsp3) is 0.636. The van der Waals surface area contributed by atoms with Gasteiger partial charge in [0.1, 0.15) is 11.8 Å². The molecule has 1 spiro atoms. The predicted octanol–water partition coefficient (Wildman–Crippen LogP) is 4.37. The molecule has 1 saturated carbocycles. The third-order valence-corrected chi connectivity index (χ3v) is 6.30. The van der Waals surface area contributed by atoms with Crippen molar-refractivity contribution in [2.45, 2.75) is 76.9 Å². The van der Waals surface area contributed by atoms with Crippen molar-refractivity contribution >= 4 is 11.8 Å². The summed E-state index contributed by atoms with van der Waals surface area (Å²) in [5, 5.41) is 2.85. The van der Waals surface area contributed by atoms with Crippen LogP contribution in [0.25, 0.3) is 0 Å². The number of carbonyl (C=O) groups excluding carboxylic acids is 2. The molecule has 1 heterocycles. The zero-order chi connectivity index (χ0) is 22.1. The van der Waals surface area contributed by atoms with Gasteiger partial charge in [-0.2, -0.15) is 13.2 Å². The summed E-state index contributed by atoms with van der Waals surface area (Å²) < 4.78 is 46.7. The lowest BCUT2D eigenvalue weighted by Gasteiger charge is -2.43. The number of hydrogen-bond donors (Lipinski definition) is 1. The Labute approximate surface area is 175 Å². The van der Waals surface area contributed by atoms with Crippen LogP contribution >= 0.6 is 0 Å². The van der Waals surface area contributed by atoms with Gasteiger partial charge >= 0.3 is 6.18 Å². The summed E-state index contributed by atoms with van der Waals surface area (Å²) in [6, 6.07) is 3.66. The first kappa shape index (κ1) is 22.6. The maximum absolute atomic E-state index is 13.6. The highest BCUT2D eigenvalue weighted by molar-refractivity contribution is 5.99. The summed E-state index contributed by atoms with van der Waals surface area (Å²) in [5.41, 5.74) is -2.49. The maximum atomic E-state index is 13.6. The van der Waals surface area contributed by atoms with Crippen molar-refractivity contribution in [1.82, 2.24) is 10.2 Å². The molecule has 1 saturated heterocycles. The fourth-order valence-electron chi connectivity index (χ4n) is 4.27. The highest BCUT2D eigenvalue weighted by Crippen LogP contribution is 2.44. The van der Waals surface area contributed by atoms with E-state index >= 15 is 0 Å². The summed E-state index contributed by atoms with van der Waals surface area (Å²) in [6.45, 7) is 5.84. The molecule has 2 unspecified atom stereocenters. The minimum absolute atomic E-state index is 0.0173. The third-order valence-electron chi connectivity index (χ3n) is 6.30. The quantitative estimate of drug-likeness (QED) is 0.778. The van der Waals surface area contributed by atoms with Gasteiger partial charge in [0.05, 0.1) is 17.7 Å². The lowest BCUT2D eigenvalue weighted by atomic mass is 9.83. The molecule has 8 heteroatoms. The first-order chi connectivity index (χ1) is 14.1. The van der Waals surface area contributed by atoms with Gasteiger partial charge in [-0.25, -0.2) is 0 Å². The first-order valence-corrected chi connectivity index (χ1v) is 10.5. The lowest BCUT2D eigenvalue weighted by molar-refractivity contribution is -0.138. The second kappa shape index (κ2) is 8.57. The number of halogens is 3. The van der Waals surface area contributed by atoms with Gasteiger partial charge in [-0.1, -0.05) is 26.0 Å². The number of carbonyl (C=O) groups is 2. The van der Waals surface area contributed by atoms with Crippen LogP contribution in [0.1, 0.15) is 68.8 Å². The lowest BCUT2D eigenvalue weighted by Crippen LogP contribution is -2.57. The van der Waals surface area contributed by atoms with Crippen molar-refractivity contribution in [3.63, 3.8) is 0 Å². The van der Waals surface area contributed by atoms with Crippen molar-refractivity contribution in [3.05, 3.63) is 35.4 Å². The molecule has 1 N–H and O–H groups in total. The molecule has 30 heavy (non-hydrogen) atoms. The molecular weight excluding hydrogens is 397 g/mol. The number of benzene rings is 1. The van der Waals surface area contributed by atoms with Crippen LogP contribution in [0.5, 0.6) is 0 Å². The summed E-state index contributed by atoms with van der Waals surface area (Å²) in [5.74, 6) is -0.761. The minimum Gasteiger partial charge on any atom is -0.353 e. The van der Waals surface area contributed by atoms with E-state index in [2.05, 4.69) is 12.2 Å². The molecule has 166 valence electrons. The number of nitrogens with one attached hydrogen (secondary N) is 1. The van der Waals surface area contributed by atoms with Gasteiger partial charge in [0.2, 0.25) is 5.91 Å². The topological polar surface area (TPSA) is 58.6 Å². The Balaban J connectivity index is 2.01. The molecule has 0 bridgehead atoms. The number of alkyl halides is 3. The third kappa shape index (κ3) is 4.33. The van der Waals surface area contributed by atoms with Crippen LogP contribution in [0, 0.1) is 5.92 Å². The van der Waals surface area contributed by atoms with Crippen LogP contribution in [0.2, 0.25) is 0 Å². The Morgan fingerprint density at radius 2 is 1.90 bits per heavy atom. The van der Waals surface area contributed by atoms with Gasteiger partial charge in [0, 0.05) is 6.04 Å². The zero-order valence-electron chi connectivity index (χ0n) is 17.6. The highest BCUT2D eigenvalue weighted by Gasteiger charge is 2.54. The van der Waals surface area contributed by atoms with Crippen LogP contribution in [-0.2, 0) is 15.7 Å². The summed E-state index contributed by atoms with van der Waals surface area (Å²) >= 11 is 0. The molecule has 2 aliphatic rings. The Morgan fingerprint density at radius 3 is 2.50 bits per heavy atom. The number of nitrogens with zero attached hydrogens (tertiary/aromatic N) is 1. The van der Waals surface area contributed by atoms with E-state index in [1.54, 1.807) is 0 Å². The average Bonchev–Trinajstić information content (AvgIpc) is 3.08. The van der Waals surface area contributed by atoms with Crippen molar-refractivity contribution < 1.29 is 27.5 Å². The Morgan fingerprint density at radius 1 is 1.27 bits per heavy atom. The van der Waals surface area contributed by atoms with Gasteiger partial charge in [0.15, 0.2) is 0 Å². The van der Waals surface area contributed by atoms with Crippen molar-refractivity contribution in [3.8, 4) is 0 Å². The van der Waals surface area contributed by atoms with Gasteiger partial charge in [0.25, 0.3) is 5.91 Å². The number of rotatable bonds is 4. The summed E-state index contributed by atoms with van der Waals surface area (Å²) in [4.78, 5) is 27.7. The number of hydrogen-bond acceptors (Lipinski definition) is 3. The summed E-state index contributed by atoms with van der Waals surface area (Å²) in [6.07, 6.45) is -1.40. The smallest absolute Gasteiger partial charge is 0.353 e. The normalized spacial score (nSPS) is 27.9. The zero-order valence-corrected chi connectivity index (χ0v) is 17.6. The summed E-state index contributed by atoms with van der Waals surface area (Å²) in [7, 11) is 0. The van der Waals surface area contributed by atoms with Crippen LogP contribution in [0.4, 0.5) is 13.2 Å². The SMILES string of the molecule is CCC(C)NC(=O)C1COC2(CCC(C)CC2)N1C(=O)c1ccccc1C(F)(F)F. The van der Waals surface area contributed by atoms with E-state index in [9.17, 15) is 22.8 Å². The molecule has 0 radical (unpaired) electrons. The van der Waals surface area contributed by atoms with Gasteiger partial charge < -0.3 is 10.1 Å². The molecule has 1 aromatic rings. The van der Waals surface area contributed by atoms with Gasteiger partial charge in [-0.05, 0) is 57.1 Å². The molecule has 0 aromatic heterocycles. The van der Waals surface area contributed by atoms with Crippen molar-refractivity contribution in [1.29, 1.82) is 0 Å². The molecule has 2 fully saturated rings. The van der Waals surface area contributed by atoms with Gasteiger partial charge in [-0.15, -0.1) is 0 Å². The van der Waals surface area contributed by atoms with Crippen LogP contribution in [0.3, 0.4) is 0 Å². The van der Waals surface area contributed by atoms with E-state index in [4.69, 9.17) is 4.74 Å². The molecular formula is C22H29F3N2O3. The largest absolute Gasteiger partial charge is 0.417 e.